The molecule has 0 radical (unpaired) electrons. The first-order valence-electron chi connectivity index (χ1n) is 4.93. The topological polar surface area (TPSA) is 26.3 Å². The molecule has 0 aliphatic carbocycles. The van der Waals surface area contributed by atoms with Gasteiger partial charge in [0, 0.05) is 15.1 Å². The number of rotatable bonds is 4. The fraction of sp³-hybridized carbons (Fsp3) is 0.417. The fourth-order valence-corrected chi connectivity index (χ4v) is 2.80. The number of methoxy groups -OCH3 is 1. The zero-order valence-electron chi connectivity index (χ0n) is 9.62. The van der Waals surface area contributed by atoms with Crippen molar-refractivity contribution in [2.24, 2.45) is 5.41 Å². The molecule has 0 aromatic heterocycles. The van der Waals surface area contributed by atoms with E-state index in [1.807, 2.05) is 38.1 Å². The predicted molar refractivity (Wildman–Crippen MR) is 70.7 cm³/mol. The van der Waals surface area contributed by atoms with Crippen LogP contribution in [-0.4, -0.2) is 18.8 Å². The summed E-state index contributed by atoms with van der Waals surface area (Å²) in [6.45, 7) is 3.78. The number of halogens is 1. The average Bonchev–Trinajstić information content (AvgIpc) is 2.27. The van der Waals surface area contributed by atoms with E-state index in [0.717, 1.165) is 9.37 Å². The van der Waals surface area contributed by atoms with Crippen molar-refractivity contribution in [1.29, 1.82) is 0 Å². The summed E-state index contributed by atoms with van der Waals surface area (Å²) in [6, 6.07) is 7.98. The minimum atomic E-state index is -0.464. The average molecular weight is 303 g/mol. The first-order chi connectivity index (χ1) is 7.47. The van der Waals surface area contributed by atoms with Crippen molar-refractivity contribution >= 4 is 33.7 Å². The van der Waals surface area contributed by atoms with Gasteiger partial charge in [0.05, 0.1) is 12.5 Å². The van der Waals surface area contributed by atoms with Crippen LogP contribution in [0.2, 0.25) is 0 Å². The summed E-state index contributed by atoms with van der Waals surface area (Å²) in [5.41, 5.74) is -0.464. The standard InChI is InChI=1S/C12H15BrO2S/c1-12(2,11(14)15-3)8-16-10-7-5-4-6-9(10)13/h4-7H,8H2,1-3H3. The monoisotopic (exact) mass is 302 g/mol. The van der Waals surface area contributed by atoms with Gasteiger partial charge in [-0.05, 0) is 41.9 Å². The Morgan fingerprint density at radius 2 is 2.06 bits per heavy atom. The van der Waals surface area contributed by atoms with Crippen molar-refractivity contribution in [1.82, 2.24) is 0 Å². The number of hydrogen-bond acceptors (Lipinski definition) is 3. The highest BCUT2D eigenvalue weighted by Gasteiger charge is 2.28. The summed E-state index contributed by atoms with van der Waals surface area (Å²) >= 11 is 5.13. The largest absolute Gasteiger partial charge is 0.469 e. The van der Waals surface area contributed by atoms with Gasteiger partial charge in [0.1, 0.15) is 0 Å². The first kappa shape index (κ1) is 13.6. The lowest BCUT2D eigenvalue weighted by Crippen LogP contribution is -2.28. The molecule has 0 aliphatic rings. The van der Waals surface area contributed by atoms with Crippen LogP contribution in [0.3, 0.4) is 0 Å². The lowest BCUT2D eigenvalue weighted by Gasteiger charge is -2.20. The van der Waals surface area contributed by atoms with E-state index >= 15 is 0 Å². The molecule has 0 spiro atoms. The van der Waals surface area contributed by atoms with Crippen molar-refractivity contribution in [2.75, 3.05) is 12.9 Å². The van der Waals surface area contributed by atoms with E-state index in [4.69, 9.17) is 4.74 Å². The molecule has 0 bridgehead atoms. The van der Waals surface area contributed by atoms with E-state index in [9.17, 15) is 4.79 Å². The molecular formula is C12H15BrO2S. The first-order valence-corrected chi connectivity index (χ1v) is 6.71. The predicted octanol–water partition coefficient (Wildman–Crippen LogP) is 3.74. The number of hydrogen-bond donors (Lipinski definition) is 0. The Morgan fingerprint density at radius 1 is 1.44 bits per heavy atom. The normalized spacial score (nSPS) is 11.2. The molecule has 0 saturated heterocycles. The highest BCUT2D eigenvalue weighted by molar-refractivity contribution is 9.10. The smallest absolute Gasteiger partial charge is 0.312 e. The van der Waals surface area contributed by atoms with Gasteiger partial charge in [-0.15, -0.1) is 11.8 Å². The molecule has 0 saturated carbocycles. The van der Waals surface area contributed by atoms with Gasteiger partial charge in [0.25, 0.3) is 0 Å². The van der Waals surface area contributed by atoms with E-state index in [0.29, 0.717) is 5.75 Å². The maximum atomic E-state index is 11.5. The molecule has 0 unspecified atom stereocenters. The molecule has 0 amide bonds. The van der Waals surface area contributed by atoms with Crippen LogP contribution in [0.5, 0.6) is 0 Å². The Morgan fingerprint density at radius 3 is 2.62 bits per heavy atom. The summed E-state index contributed by atoms with van der Waals surface area (Å²) in [5, 5.41) is 0. The second kappa shape index (κ2) is 5.73. The van der Waals surface area contributed by atoms with Crippen LogP contribution < -0.4 is 0 Å². The van der Waals surface area contributed by atoms with E-state index in [-0.39, 0.29) is 5.97 Å². The SMILES string of the molecule is COC(=O)C(C)(C)CSc1ccccc1Br. The van der Waals surface area contributed by atoms with Crippen molar-refractivity contribution in [2.45, 2.75) is 18.7 Å². The van der Waals surface area contributed by atoms with E-state index < -0.39 is 5.41 Å². The van der Waals surface area contributed by atoms with E-state index in [1.54, 1.807) is 11.8 Å². The van der Waals surface area contributed by atoms with Crippen LogP contribution in [-0.2, 0) is 9.53 Å². The van der Waals surface area contributed by atoms with Gasteiger partial charge >= 0.3 is 5.97 Å². The number of benzene rings is 1. The molecule has 1 rings (SSSR count). The molecule has 88 valence electrons. The molecule has 0 N–H and O–H groups in total. The second-order valence-corrected chi connectivity index (χ2v) is 5.97. The Labute approximate surface area is 109 Å². The minimum absolute atomic E-state index is 0.174. The molecule has 2 nitrogen and oxygen atoms in total. The quantitative estimate of drug-likeness (QED) is 0.626. The third kappa shape index (κ3) is 3.52. The molecule has 0 aliphatic heterocycles. The summed E-state index contributed by atoms with van der Waals surface area (Å²) in [5.74, 6) is 0.523. The van der Waals surface area contributed by atoms with Gasteiger partial charge in [-0.3, -0.25) is 4.79 Å². The number of thioether (sulfide) groups is 1. The molecule has 0 atom stereocenters. The highest BCUT2D eigenvalue weighted by atomic mass is 79.9. The van der Waals surface area contributed by atoms with Crippen molar-refractivity contribution < 1.29 is 9.53 Å². The van der Waals surface area contributed by atoms with Crippen LogP contribution in [0, 0.1) is 5.41 Å². The maximum Gasteiger partial charge on any atom is 0.312 e. The second-order valence-electron chi connectivity index (χ2n) is 4.09. The van der Waals surface area contributed by atoms with Gasteiger partial charge in [-0.25, -0.2) is 0 Å². The third-order valence-electron chi connectivity index (χ3n) is 2.16. The Bertz CT molecular complexity index is 377. The highest BCUT2D eigenvalue weighted by Crippen LogP contribution is 2.32. The van der Waals surface area contributed by atoms with Crippen LogP contribution in [0.4, 0.5) is 0 Å². The summed E-state index contributed by atoms with van der Waals surface area (Å²) in [4.78, 5) is 12.6. The van der Waals surface area contributed by atoms with Gasteiger partial charge in [0.15, 0.2) is 0 Å². The Hall–Kier alpha value is -0.480. The van der Waals surface area contributed by atoms with Crippen LogP contribution in [0.15, 0.2) is 33.6 Å². The van der Waals surface area contributed by atoms with Gasteiger partial charge in [0.2, 0.25) is 0 Å². The summed E-state index contributed by atoms with van der Waals surface area (Å²) in [6.07, 6.45) is 0. The molecular weight excluding hydrogens is 288 g/mol. The number of esters is 1. The molecule has 4 heteroatoms. The number of carbonyl (C=O) groups is 1. The molecule has 1 aromatic carbocycles. The molecule has 1 aromatic rings. The molecule has 16 heavy (non-hydrogen) atoms. The lowest BCUT2D eigenvalue weighted by atomic mass is 9.97. The maximum absolute atomic E-state index is 11.5. The van der Waals surface area contributed by atoms with Crippen molar-refractivity contribution in [3.63, 3.8) is 0 Å². The van der Waals surface area contributed by atoms with Gasteiger partial charge in [-0.2, -0.15) is 0 Å². The van der Waals surface area contributed by atoms with Crippen molar-refractivity contribution in [3.05, 3.63) is 28.7 Å². The van der Waals surface area contributed by atoms with Crippen LogP contribution in [0.1, 0.15) is 13.8 Å². The Kier molecular flexibility index (Phi) is 4.87. The number of ether oxygens (including phenoxy) is 1. The van der Waals surface area contributed by atoms with Crippen molar-refractivity contribution in [3.8, 4) is 0 Å². The molecule has 0 fully saturated rings. The van der Waals surface area contributed by atoms with E-state index in [1.165, 1.54) is 7.11 Å². The third-order valence-corrected chi connectivity index (χ3v) is 4.65. The minimum Gasteiger partial charge on any atom is -0.469 e. The van der Waals surface area contributed by atoms with Gasteiger partial charge < -0.3 is 4.74 Å². The van der Waals surface area contributed by atoms with E-state index in [2.05, 4.69) is 15.9 Å². The zero-order chi connectivity index (χ0) is 12.2. The fourth-order valence-electron chi connectivity index (χ4n) is 1.16. The summed E-state index contributed by atoms with van der Waals surface area (Å²) < 4.78 is 5.83. The lowest BCUT2D eigenvalue weighted by molar-refractivity contribution is -0.149. The number of carbonyl (C=O) groups excluding carboxylic acids is 1. The molecule has 0 heterocycles. The van der Waals surface area contributed by atoms with Crippen LogP contribution in [0.25, 0.3) is 0 Å². The summed E-state index contributed by atoms with van der Waals surface area (Å²) in [7, 11) is 1.42. The van der Waals surface area contributed by atoms with Crippen LogP contribution >= 0.6 is 27.7 Å². The Balaban J connectivity index is 2.65. The van der Waals surface area contributed by atoms with Gasteiger partial charge in [-0.1, -0.05) is 12.1 Å². The zero-order valence-corrected chi connectivity index (χ0v) is 12.0.